The average Bonchev–Trinajstić information content (AvgIpc) is 2.39. The van der Waals surface area contributed by atoms with Crippen LogP contribution in [0.5, 0.6) is 0 Å². The zero-order chi connectivity index (χ0) is 15.6. The monoisotopic (exact) mass is 309 g/mol. The lowest BCUT2D eigenvalue weighted by molar-refractivity contribution is 0.599. The number of hydrogen-bond donors (Lipinski definition) is 4. The second-order valence-electron chi connectivity index (χ2n) is 4.50. The van der Waals surface area contributed by atoms with Crippen molar-refractivity contribution in [2.75, 3.05) is 10.1 Å². The molecule has 0 aliphatic rings. The number of aromatic nitrogens is 2. The number of aromatic amines is 1. The van der Waals surface area contributed by atoms with Crippen molar-refractivity contribution in [3.05, 3.63) is 45.7 Å². The van der Waals surface area contributed by atoms with E-state index < -0.39 is 15.6 Å². The Morgan fingerprint density at radius 1 is 1.19 bits per heavy atom. The van der Waals surface area contributed by atoms with Crippen LogP contribution in [0, 0.1) is 13.8 Å². The van der Waals surface area contributed by atoms with Crippen molar-refractivity contribution in [2.45, 2.75) is 18.7 Å². The van der Waals surface area contributed by atoms with Crippen LogP contribution in [0.4, 0.5) is 11.5 Å². The maximum Gasteiger partial charge on any atom is 0.264 e. The van der Waals surface area contributed by atoms with Gasteiger partial charge in [0.2, 0.25) is 0 Å². The third-order valence-corrected chi connectivity index (χ3v) is 4.47. The molecule has 0 atom stereocenters. The van der Waals surface area contributed by atoms with Gasteiger partial charge in [0.25, 0.3) is 15.6 Å². The van der Waals surface area contributed by atoms with Crippen molar-refractivity contribution in [1.82, 2.24) is 10.2 Å². The zero-order valence-electron chi connectivity index (χ0n) is 11.5. The van der Waals surface area contributed by atoms with Crippen LogP contribution in [-0.2, 0) is 10.0 Å². The first-order valence-electron chi connectivity index (χ1n) is 6.00. The van der Waals surface area contributed by atoms with Gasteiger partial charge >= 0.3 is 0 Å². The molecule has 0 amide bonds. The lowest BCUT2D eigenvalue weighted by Crippen LogP contribution is -2.19. The van der Waals surface area contributed by atoms with Gasteiger partial charge in [-0.3, -0.25) is 15.4 Å². The van der Waals surface area contributed by atoms with E-state index in [0.717, 1.165) is 0 Å². The molecule has 0 fully saturated rings. The van der Waals surface area contributed by atoms with Crippen LogP contribution in [0.2, 0.25) is 0 Å². The molecule has 0 saturated carbocycles. The quantitative estimate of drug-likeness (QED) is 0.480. The minimum Gasteiger partial charge on any atom is -0.324 e. The van der Waals surface area contributed by atoms with Crippen molar-refractivity contribution in [3.8, 4) is 0 Å². The van der Waals surface area contributed by atoms with E-state index in [4.69, 9.17) is 5.84 Å². The van der Waals surface area contributed by atoms with Crippen LogP contribution in [0.25, 0.3) is 0 Å². The predicted molar refractivity (Wildman–Crippen MR) is 79.4 cm³/mol. The minimum atomic E-state index is -3.82. The number of nitrogens with two attached hydrogens (primary N) is 1. The summed E-state index contributed by atoms with van der Waals surface area (Å²) < 4.78 is 27.2. The van der Waals surface area contributed by atoms with Crippen LogP contribution < -0.4 is 21.5 Å². The summed E-state index contributed by atoms with van der Waals surface area (Å²) in [5.74, 6) is 5.36. The molecule has 1 aromatic heterocycles. The summed E-state index contributed by atoms with van der Waals surface area (Å²) in [6.07, 6.45) is 0. The molecule has 0 saturated heterocycles. The summed E-state index contributed by atoms with van der Waals surface area (Å²) in [6.45, 7) is 3.34. The lowest BCUT2D eigenvalue weighted by atomic mass is 10.1. The number of nitrogens with zero attached hydrogens (tertiary/aromatic N) is 1. The molecule has 0 unspecified atom stereocenters. The Morgan fingerprint density at radius 2 is 1.81 bits per heavy atom. The van der Waals surface area contributed by atoms with Gasteiger partial charge in [-0.05, 0) is 43.2 Å². The van der Waals surface area contributed by atoms with Gasteiger partial charge in [-0.25, -0.2) is 13.5 Å². The van der Waals surface area contributed by atoms with Gasteiger partial charge in [0, 0.05) is 11.8 Å². The molecule has 1 heterocycles. The number of nitrogen functional groups attached to an aromatic ring is 1. The Kier molecular flexibility index (Phi) is 3.96. The Labute approximate surface area is 121 Å². The number of aryl methyl sites for hydroxylation is 2. The van der Waals surface area contributed by atoms with Crippen LogP contribution in [0.15, 0.2) is 34.0 Å². The molecule has 0 bridgehead atoms. The van der Waals surface area contributed by atoms with Crippen molar-refractivity contribution in [3.63, 3.8) is 0 Å². The molecule has 2 aromatic rings. The summed E-state index contributed by atoms with van der Waals surface area (Å²) in [5.41, 5.74) is 3.76. The first-order chi connectivity index (χ1) is 9.83. The molecule has 0 aliphatic heterocycles. The van der Waals surface area contributed by atoms with E-state index in [9.17, 15) is 13.2 Å². The van der Waals surface area contributed by atoms with Gasteiger partial charge in [-0.15, -0.1) is 0 Å². The SMILES string of the molecule is Cc1cc(NN)cc(C)c1S(=O)(=O)Nc1ccc(=O)[nH]n1. The highest BCUT2D eigenvalue weighted by Crippen LogP contribution is 2.25. The number of benzene rings is 1. The first kappa shape index (κ1) is 15.0. The highest BCUT2D eigenvalue weighted by atomic mass is 32.2. The van der Waals surface area contributed by atoms with Crippen LogP contribution in [-0.4, -0.2) is 18.6 Å². The second-order valence-corrected chi connectivity index (χ2v) is 6.11. The summed E-state index contributed by atoms with van der Waals surface area (Å²) in [6, 6.07) is 5.73. The fourth-order valence-corrected chi connectivity index (χ4v) is 3.50. The van der Waals surface area contributed by atoms with Crippen LogP contribution in [0.1, 0.15) is 11.1 Å². The molecule has 5 N–H and O–H groups in total. The van der Waals surface area contributed by atoms with Crippen molar-refractivity contribution in [2.24, 2.45) is 5.84 Å². The molecule has 9 heteroatoms. The van der Waals surface area contributed by atoms with Crippen molar-refractivity contribution >= 4 is 21.5 Å². The van der Waals surface area contributed by atoms with E-state index in [-0.39, 0.29) is 10.7 Å². The molecular formula is C12H15N5O3S. The molecule has 1 aromatic carbocycles. The van der Waals surface area contributed by atoms with Gasteiger partial charge in [0.05, 0.1) is 4.90 Å². The van der Waals surface area contributed by atoms with Gasteiger partial charge in [0.1, 0.15) is 0 Å². The van der Waals surface area contributed by atoms with Gasteiger partial charge in [-0.2, -0.15) is 5.10 Å². The number of anilines is 2. The maximum absolute atomic E-state index is 12.4. The smallest absolute Gasteiger partial charge is 0.264 e. The molecule has 8 nitrogen and oxygen atoms in total. The highest BCUT2D eigenvalue weighted by molar-refractivity contribution is 7.92. The van der Waals surface area contributed by atoms with E-state index >= 15 is 0 Å². The Bertz CT molecular complexity index is 786. The molecular weight excluding hydrogens is 294 g/mol. The number of H-pyrrole nitrogens is 1. The van der Waals surface area contributed by atoms with Gasteiger partial charge in [-0.1, -0.05) is 0 Å². The number of nitrogens with one attached hydrogen (secondary N) is 3. The average molecular weight is 309 g/mol. The molecule has 0 spiro atoms. The summed E-state index contributed by atoms with van der Waals surface area (Å²) >= 11 is 0. The minimum absolute atomic E-state index is 0.0365. The molecule has 0 aliphatic carbocycles. The Morgan fingerprint density at radius 3 is 2.29 bits per heavy atom. The van der Waals surface area contributed by atoms with E-state index in [0.29, 0.717) is 16.8 Å². The number of hydrazine groups is 1. The van der Waals surface area contributed by atoms with E-state index in [1.165, 1.54) is 12.1 Å². The Hall–Kier alpha value is -2.39. The number of hydrogen-bond acceptors (Lipinski definition) is 6. The fourth-order valence-electron chi connectivity index (χ4n) is 2.05. The normalized spacial score (nSPS) is 11.2. The zero-order valence-corrected chi connectivity index (χ0v) is 12.3. The van der Waals surface area contributed by atoms with Crippen molar-refractivity contribution < 1.29 is 8.42 Å². The molecule has 0 radical (unpaired) electrons. The summed E-state index contributed by atoms with van der Waals surface area (Å²) in [7, 11) is -3.82. The van der Waals surface area contributed by atoms with E-state index in [1.54, 1.807) is 26.0 Å². The Balaban J connectivity index is 2.44. The van der Waals surface area contributed by atoms with Crippen molar-refractivity contribution in [1.29, 1.82) is 0 Å². The molecule has 112 valence electrons. The highest BCUT2D eigenvalue weighted by Gasteiger charge is 2.20. The topological polar surface area (TPSA) is 130 Å². The van der Waals surface area contributed by atoms with E-state index in [2.05, 4.69) is 20.3 Å². The lowest BCUT2D eigenvalue weighted by Gasteiger charge is -2.13. The van der Waals surface area contributed by atoms with Crippen LogP contribution >= 0.6 is 0 Å². The third-order valence-electron chi connectivity index (χ3n) is 2.81. The largest absolute Gasteiger partial charge is 0.324 e. The van der Waals surface area contributed by atoms with Gasteiger partial charge < -0.3 is 5.43 Å². The van der Waals surface area contributed by atoms with E-state index in [1.807, 2.05) is 0 Å². The first-order valence-corrected chi connectivity index (χ1v) is 7.48. The number of rotatable bonds is 4. The fraction of sp³-hybridized carbons (Fsp3) is 0.167. The second kappa shape index (κ2) is 5.54. The number of sulfonamides is 1. The third kappa shape index (κ3) is 3.20. The molecule has 21 heavy (non-hydrogen) atoms. The summed E-state index contributed by atoms with van der Waals surface area (Å²) in [4.78, 5) is 11.1. The predicted octanol–water partition coefficient (Wildman–Crippen LogP) is 0.473. The van der Waals surface area contributed by atoms with Gasteiger partial charge in [0.15, 0.2) is 5.82 Å². The summed E-state index contributed by atoms with van der Waals surface area (Å²) in [5, 5.41) is 5.78. The molecule has 2 rings (SSSR count). The van der Waals surface area contributed by atoms with Crippen LogP contribution in [0.3, 0.4) is 0 Å². The standard InChI is InChI=1S/C12H15N5O3S/c1-7-5-9(14-13)6-8(2)12(7)21(19,20)17-10-3-4-11(18)16-15-10/h3-6,14H,13H2,1-2H3,(H,15,17)(H,16,18). The maximum atomic E-state index is 12.4.